The van der Waals surface area contributed by atoms with Crippen molar-refractivity contribution in [2.45, 2.75) is 75.0 Å². The maximum absolute atomic E-state index is 12.9. The normalized spacial score (nSPS) is 22.7. The molecule has 2 fully saturated rings. The second-order valence-electron chi connectivity index (χ2n) is 7.65. The average molecular weight is 395 g/mol. The topological polar surface area (TPSA) is 75.7 Å². The number of nitrogens with one attached hydrogen (secondary N) is 1. The van der Waals surface area contributed by atoms with Gasteiger partial charge in [-0.2, -0.15) is 4.31 Å². The standard InChI is InChI=1S/C20H30N2O4S/c1-15(19-9-6-14-26-19)21-20(23)16-10-12-18(13-11-16)27(24,25)22(2)17-7-4-3-5-8-17/h10-13,15,17,19H,3-9,14H2,1-2H3,(H,21,23)/t15-,19-/m1/s1. The van der Waals surface area contributed by atoms with E-state index < -0.39 is 10.0 Å². The molecular weight excluding hydrogens is 364 g/mol. The summed E-state index contributed by atoms with van der Waals surface area (Å²) >= 11 is 0. The van der Waals surface area contributed by atoms with Gasteiger partial charge in [-0.15, -0.1) is 0 Å². The number of benzene rings is 1. The molecule has 0 unspecified atom stereocenters. The van der Waals surface area contributed by atoms with Gasteiger partial charge in [0.15, 0.2) is 0 Å². The molecule has 1 saturated carbocycles. The number of nitrogens with zero attached hydrogens (tertiary/aromatic N) is 1. The van der Waals surface area contributed by atoms with Crippen LogP contribution in [0.2, 0.25) is 0 Å². The molecule has 1 N–H and O–H groups in total. The van der Waals surface area contributed by atoms with E-state index >= 15 is 0 Å². The molecule has 0 aromatic heterocycles. The molecule has 1 aromatic rings. The summed E-state index contributed by atoms with van der Waals surface area (Å²) in [6.07, 6.45) is 7.18. The molecule has 6 nitrogen and oxygen atoms in total. The quantitative estimate of drug-likeness (QED) is 0.805. The Kier molecular flexibility index (Phi) is 6.55. The van der Waals surface area contributed by atoms with Crippen LogP contribution >= 0.6 is 0 Å². The van der Waals surface area contributed by atoms with Crippen molar-refractivity contribution >= 4 is 15.9 Å². The molecule has 1 amide bonds. The predicted molar refractivity (Wildman–Crippen MR) is 104 cm³/mol. The average Bonchev–Trinajstić information content (AvgIpc) is 3.23. The number of sulfonamides is 1. The van der Waals surface area contributed by atoms with E-state index in [1.807, 2.05) is 6.92 Å². The highest BCUT2D eigenvalue weighted by atomic mass is 32.2. The molecule has 1 heterocycles. The lowest BCUT2D eigenvalue weighted by atomic mass is 9.96. The fourth-order valence-corrected chi connectivity index (χ4v) is 5.38. The van der Waals surface area contributed by atoms with Gasteiger partial charge in [0.05, 0.1) is 17.0 Å². The van der Waals surface area contributed by atoms with E-state index in [0.29, 0.717) is 5.56 Å². The lowest BCUT2D eigenvalue weighted by molar-refractivity contribution is 0.0712. The van der Waals surface area contributed by atoms with E-state index in [4.69, 9.17) is 4.74 Å². The number of rotatable bonds is 6. The molecule has 1 saturated heterocycles. The minimum Gasteiger partial charge on any atom is -0.376 e. The second-order valence-corrected chi connectivity index (χ2v) is 9.65. The zero-order valence-electron chi connectivity index (χ0n) is 16.2. The number of carbonyl (C=O) groups is 1. The molecule has 0 radical (unpaired) electrons. The summed E-state index contributed by atoms with van der Waals surface area (Å²) in [5, 5.41) is 2.95. The largest absolute Gasteiger partial charge is 0.376 e. The first kappa shape index (κ1) is 20.3. The third-order valence-electron chi connectivity index (χ3n) is 5.76. The summed E-state index contributed by atoms with van der Waals surface area (Å²) in [5.41, 5.74) is 0.458. The zero-order chi connectivity index (χ0) is 19.4. The fourth-order valence-electron chi connectivity index (χ4n) is 3.97. The van der Waals surface area contributed by atoms with Crippen LogP contribution in [0, 0.1) is 0 Å². The van der Waals surface area contributed by atoms with Crippen LogP contribution in [-0.2, 0) is 14.8 Å². The van der Waals surface area contributed by atoms with Gasteiger partial charge in [-0.05, 0) is 56.9 Å². The summed E-state index contributed by atoms with van der Waals surface area (Å²) in [5.74, 6) is -0.206. The van der Waals surface area contributed by atoms with Crippen molar-refractivity contribution in [2.24, 2.45) is 0 Å². The number of ether oxygens (including phenoxy) is 1. The molecule has 0 bridgehead atoms. The second kappa shape index (κ2) is 8.71. The van der Waals surface area contributed by atoms with Crippen molar-refractivity contribution in [3.8, 4) is 0 Å². The number of hydrogen-bond donors (Lipinski definition) is 1. The summed E-state index contributed by atoms with van der Waals surface area (Å²) in [4.78, 5) is 12.7. The van der Waals surface area contributed by atoms with Crippen LogP contribution in [0.3, 0.4) is 0 Å². The Balaban J connectivity index is 1.65. The Morgan fingerprint density at radius 2 is 1.78 bits per heavy atom. The minimum atomic E-state index is -3.54. The van der Waals surface area contributed by atoms with Gasteiger partial charge in [-0.3, -0.25) is 4.79 Å². The predicted octanol–water partition coefficient (Wildman–Crippen LogP) is 2.94. The Morgan fingerprint density at radius 3 is 2.37 bits per heavy atom. The van der Waals surface area contributed by atoms with Gasteiger partial charge in [0.2, 0.25) is 10.0 Å². The van der Waals surface area contributed by atoms with Crippen molar-refractivity contribution in [3.63, 3.8) is 0 Å². The van der Waals surface area contributed by atoms with Gasteiger partial charge in [0.1, 0.15) is 0 Å². The van der Waals surface area contributed by atoms with Crippen LogP contribution in [0.1, 0.15) is 62.2 Å². The monoisotopic (exact) mass is 394 g/mol. The highest BCUT2D eigenvalue weighted by Crippen LogP contribution is 2.26. The van der Waals surface area contributed by atoms with Gasteiger partial charge in [-0.25, -0.2) is 8.42 Å². The van der Waals surface area contributed by atoms with E-state index in [2.05, 4.69) is 5.32 Å². The molecule has 2 atom stereocenters. The highest BCUT2D eigenvalue weighted by molar-refractivity contribution is 7.89. The minimum absolute atomic E-state index is 0.0535. The summed E-state index contributed by atoms with van der Waals surface area (Å²) in [6, 6.07) is 6.22. The molecule has 0 spiro atoms. The van der Waals surface area contributed by atoms with Crippen LogP contribution < -0.4 is 5.32 Å². The van der Waals surface area contributed by atoms with Crippen molar-refractivity contribution in [2.75, 3.05) is 13.7 Å². The van der Waals surface area contributed by atoms with E-state index in [1.165, 1.54) is 22.9 Å². The van der Waals surface area contributed by atoms with Gasteiger partial charge in [0.25, 0.3) is 5.91 Å². The first-order chi connectivity index (χ1) is 12.9. The molecule has 1 aliphatic heterocycles. The van der Waals surface area contributed by atoms with E-state index in [9.17, 15) is 13.2 Å². The number of hydrogen-bond acceptors (Lipinski definition) is 4. The van der Waals surface area contributed by atoms with Crippen LogP contribution in [0.4, 0.5) is 0 Å². The van der Waals surface area contributed by atoms with Crippen molar-refractivity contribution in [1.29, 1.82) is 0 Å². The molecule has 1 aromatic carbocycles. The molecule has 1 aliphatic carbocycles. The molecule has 27 heavy (non-hydrogen) atoms. The Morgan fingerprint density at radius 1 is 1.11 bits per heavy atom. The Bertz CT molecular complexity index is 736. The summed E-state index contributed by atoms with van der Waals surface area (Å²) in [7, 11) is -1.87. The smallest absolute Gasteiger partial charge is 0.251 e. The first-order valence-corrected chi connectivity index (χ1v) is 11.3. The third-order valence-corrected chi connectivity index (χ3v) is 7.69. The number of amides is 1. The van der Waals surface area contributed by atoms with Crippen molar-refractivity contribution in [1.82, 2.24) is 9.62 Å². The zero-order valence-corrected chi connectivity index (χ0v) is 17.0. The van der Waals surface area contributed by atoms with Gasteiger partial charge in [-0.1, -0.05) is 19.3 Å². The van der Waals surface area contributed by atoms with E-state index in [1.54, 1.807) is 19.2 Å². The Hall–Kier alpha value is -1.44. The third kappa shape index (κ3) is 4.70. The van der Waals surface area contributed by atoms with Crippen LogP contribution in [0.5, 0.6) is 0 Å². The SMILES string of the molecule is C[C@@H](NC(=O)c1ccc(S(=O)(=O)N(C)C2CCCCC2)cc1)[C@H]1CCCO1. The lowest BCUT2D eigenvalue weighted by Crippen LogP contribution is -2.40. The number of carbonyl (C=O) groups excluding carboxylic acids is 1. The van der Waals surface area contributed by atoms with Gasteiger partial charge < -0.3 is 10.1 Å². The van der Waals surface area contributed by atoms with E-state index in [-0.39, 0.29) is 29.0 Å². The Labute approximate surface area is 162 Å². The van der Waals surface area contributed by atoms with Crippen molar-refractivity contribution < 1.29 is 17.9 Å². The van der Waals surface area contributed by atoms with Crippen LogP contribution in [-0.4, -0.2) is 50.5 Å². The highest BCUT2D eigenvalue weighted by Gasteiger charge is 2.29. The molecule has 3 rings (SSSR count). The fraction of sp³-hybridized carbons (Fsp3) is 0.650. The molecule has 2 aliphatic rings. The summed E-state index contributed by atoms with van der Waals surface area (Å²) < 4.78 is 32.8. The maximum Gasteiger partial charge on any atom is 0.251 e. The van der Waals surface area contributed by atoms with Crippen LogP contribution in [0.25, 0.3) is 0 Å². The molecule has 7 heteroatoms. The van der Waals surface area contributed by atoms with E-state index in [0.717, 1.165) is 45.1 Å². The van der Waals surface area contributed by atoms with Gasteiger partial charge in [0, 0.05) is 25.3 Å². The lowest BCUT2D eigenvalue weighted by Gasteiger charge is -2.30. The maximum atomic E-state index is 12.9. The van der Waals surface area contributed by atoms with Gasteiger partial charge >= 0.3 is 0 Å². The molecular formula is C20H30N2O4S. The first-order valence-electron chi connectivity index (χ1n) is 9.90. The van der Waals surface area contributed by atoms with Crippen LogP contribution in [0.15, 0.2) is 29.2 Å². The van der Waals surface area contributed by atoms with Crippen molar-refractivity contribution in [3.05, 3.63) is 29.8 Å². The molecule has 150 valence electrons. The summed E-state index contributed by atoms with van der Waals surface area (Å²) in [6.45, 7) is 2.68.